The molecule has 7 heteroatoms. The summed E-state index contributed by atoms with van der Waals surface area (Å²) in [6.45, 7) is 2.18. The number of nitrogens with two attached hydrogens (primary N) is 1. The molecule has 0 radical (unpaired) electrons. The monoisotopic (exact) mass is 556 g/mol. The smallest absolute Gasteiger partial charge is 0.189 e. The number of unbranched alkanes of at least 4 members (excludes halogenated alkanes) is 5. The summed E-state index contributed by atoms with van der Waals surface area (Å²) in [4.78, 5) is 5.50. The van der Waals surface area contributed by atoms with Gasteiger partial charge in [-0.25, -0.2) is 13.4 Å². The van der Waals surface area contributed by atoms with Crippen molar-refractivity contribution in [3.8, 4) is 22.4 Å². The summed E-state index contributed by atoms with van der Waals surface area (Å²) < 4.78 is 27.7. The summed E-state index contributed by atoms with van der Waals surface area (Å²) >= 11 is 4.67. The normalized spacial score (nSPS) is 11.8. The molecule has 0 amide bonds. The topological polar surface area (TPSA) is 73.0 Å². The number of sulfone groups is 1. The van der Waals surface area contributed by atoms with Gasteiger partial charge in [0.2, 0.25) is 0 Å². The van der Waals surface area contributed by atoms with E-state index in [9.17, 15) is 8.42 Å². The maximum atomic E-state index is 13.2. The van der Waals surface area contributed by atoms with Gasteiger partial charge < -0.3 is 5.73 Å². The van der Waals surface area contributed by atoms with E-state index in [4.69, 9.17) is 10.7 Å². The molecule has 2 aromatic carbocycles. The van der Waals surface area contributed by atoms with Crippen LogP contribution in [0.5, 0.6) is 0 Å². The Morgan fingerprint density at radius 2 is 1.59 bits per heavy atom. The van der Waals surface area contributed by atoms with Gasteiger partial charge in [-0.15, -0.1) is 11.3 Å². The number of nitrogen functional groups attached to an aromatic ring is 1. The molecule has 0 atom stereocenters. The Hall–Kier alpha value is -2.22. The predicted molar refractivity (Wildman–Crippen MR) is 148 cm³/mol. The van der Waals surface area contributed by atoms with Crippen LogP contribution in [0.4, 0.5) is 5.69 Å². The molecule has 0 aliphatic heterocycles. The third-order valence-electron chi connectivity index (χ3n) is 5.94. The lowest BCUT2D eigenvalue weighted by molar-refractivity contribution is 0.585. The molecule has 0 aliphatic carbocycles. The first-order valence-corrected chi connectivity index (χ1v) is 14.9. The third kappa shape index (κ3) is 5.53. The van der Waals surface area contributed by atoms with E-state index in [1.807, 2.05) is 60.7 Å². The molecule has 0 aliphatic rings. The van der Waals surface area contributed by atoms with Crippen LogP contribution in [0, 0.1) is 0 Å². The van der Waals surface area contributed by atoms with Gasteiger partial charge in [0.25, 0.3) is 0 Å². The van der Waals surface area contributed by atoms with Crippen molar-refractivity contribution in [2.45, 2.75) is 49.7 Å². The molecule has 2 aromatic heterocycles. The van der Waals surface area contributed by atoms with Crippen molar-refractivity contribution in [1.82, 2.24) is 4.98 Å². The molecule has 0 saturated heterocycles. The van der Waals surface area contributed by atoms with Gasteiger partial charge >= 0.3 is 0 Å². The Morgan fingerprint density at radius 1 is 0.912 bits per heavy atom. The van der Waals surface area contributed by atoms with E-state index in [0.29, 0.717) is 16.9 Å². The zero-order chi connectivity index (χ0) is 24.1. The lowest BCUT2D eigenvalue weighted by Gasteiger charge is -2.09. The first-order chi connectivity index (χ1) is 16.4. The number of rotatable bonds is 10. The van der Waals surface area contributed by atoms with Crippen LogP contribution in [0.25, 0.3) is 32.6 Å². The molecule has 178 valence electrons. The Morgan fingerprint density at radius 3 is 2.29 bits per heavy atom. The second-order valence-electron chi connectivity index (χ2n) is 8.50. The minimum absolute atomic E-state index is 0.121. The predicted octanol–water partition coefficient (Wildman–Crippen LogP) is 8.11. The largest absolute Gasteiger partial charge is 0.396 e. The fraction of sp³-hybridized carbons (Fsp3) is 0.296. The zero-order valence-electron chi connectivity index (χ0n) is 19.3. The summed E-state index contributed by atoms with van der Waals surface area (Å²) in [7, 11) is -3.48. The molecule has 0 bridgehead atoms. The molecule has 34 heavy (non-hydrogen) atoms. The second kappa shape index (κ2) is 11.0. The number of halogens is 1. The average Bonchev–Trinajstić information content (AvgIpc) is 3.19. The van der Waals surface area contributed by atoms with Gasteiger partial charge in [0.1, 0.15) is 9.04 Å². The lowest BCUT2D eigenvalue weighted by Crippen LogP contribution is -2.07. The number of hydrogen-bond acceptors (Lipinski definition) is 5. The number of thiophene rings is 1. The van der Waals surface area contributed by atoms with Gasteiger partial charge in [-0.1, -0.05) is 97.4 Å². The van der Waals surface area contributed by atoms with Crippen LogP contribution in [0.2, 0.25) is 0 Å². The molecule has 0 fully saturated rings. The van der Waals surface area contributed by atoms with Gasteiger partial charge in [0, 0.05) is 15.4 Å². The van der Waals surface area contributed by atoms with Crippen molar-refractivity contribution in [3.05, 3.63) is 65.1 Å². The van der Waals surface area contributed by atoms with E-state index in [0.717, 1.165) is 51.5 Å². The Labute approximate surface area is 214 Å². The van der Waals surface area contributed by atoms with Crippen molar-refractivity contribution in [3.63, 3.8) is 0 Å². The van der Waals surface area contributed by atoms with Crippen molar-refractivity contribution in [2.24, 2.45) is 0 Å². The number of benzene rings is 2. The van der Waals surface area contributed by atoms with Gasteiger partial charge in [-0.05, 0) is 35.7 Å². The summed E-state index contributed by atoms with van der Waals surface area (Å²) in [5.41, 5.74) is 10.5. The standard InChI is InChI=1S/C27H29BrN2O2S2/c1-2-3-4-5-6-10-17-34(31,32)27-25(29)24-22(19-11-8-7-9-12-19)18-23(30-26(24)33-27)20-13-15-21(28)16-14-20/h7-9,11-16,18H,2-6,10,17,29H2,1H3. The highest BCUT2D eigenvalue weighted by molar-refractivity contribution is 9.10. The van der Waals surface area contributed by atoms with Crippen LogP contribution < -0.4 is 5.73 Å². The molecular formula is C27H29BrN2O2S2. The maximum absolute atomic E-state index is 13.2. The SMILES string of the molecule is CCCCCCCCS(=O)(=O)c1sc2nc(-c3ccc(Br)cc3)cc(-c3ccccc3)c2c1N. The molecule has 4 nitrogen and oxygen atoms in total. The third-order valence-corrected chi connectivity index (χ3v) is 9.98. The molecule has 2 N–H and O–H groups in total. The van der Waals surface area contributed by atoms with Crippen molar-refractivity contribution >= 4 is 53.0 Å². The van der Waals surface area contributed by atoms with Gasteiger partial charge in [-0.2, -0.15) is 0 Å². The van der Waals surface area contributed by atoms with E-state index in [2.05, 4.69) is 22.9 Å². The molecule has 0 saturated carbocycles. The summed E-state index contributed by atoms with van der Waals surface area (Å²) in [6.07, 6.45) is 6.18. The first-order valence-electron chi connectivity index (χ1n) is 11.7. The minimum Gasteiger partial charge on any atom is -0.396 e. The van der Waals surface area contributed by atoms with Gasteiger partial charge in [0.15, 0.2) is 9.84 Å². The van der Waals surface area contributed by atoms with Crippen LogP contribution in [-0.2, 0) is 9.84 Å². The number of pyridine rings is 1. The van der Waals surface area contributed by atoms with E-state index in [1.54, 1.807) is 0 Å². The van der Waals surface area contributed by atoms with Gasteiger partial charge in [0.05, 0.1) is 17.1 Å². The number of aromatic nitrogens is 1. The Kier molecular flexibility index (Phi) is 8.06. The fourth-order valence-electron chi connectivity index (χ4n) is 4.11. The maximum Gasteiger partial charge on any atom is 0.189 e. The number of anilines is 1. The van der Waals surface area contributed by atoms with E-state index < -0.39 is 9.84 Å². The van der Waals surface area contributed by atoms with Crippen LogP contribution in [0.1, 0.15) is 45.4 Å². The minimum atomic E-state index is -3.48. The van der Waals surface area contributed by atoms with Crippen LogP contribution in [0.15, 0.2) is 69.3 Å². The Bertz CT molecular complexity index is 1370. The highest BCUT2D eigenvalue weighted by Crippen LogP contribution is 2.43. The highest BCUT2D eigenvalue weighted by atomic mass is 79.9. The van der Waals surface area contributed by atoms with Crippen molar-refractivity contribution in [2.75, 3.05) is 11.5 Å². The fourth-order valence-corrected chi connectivity index (χ4v) is 7.43. The first kappa shape index (κ1) is 24.9. The zero-order valence-corrected chi connectivity index (χ0v) is 22.5. The highest BCUT2D eigenvalue weighted by Gasteiger charge is 2.25. The van der Waals surface area contributed by atoms with Crippen LogP contribution in [0.3, 0.4) is 0 Å². The molecular weight excluding hydrogens is 528 g/mol. The number of hydrogen-bond donors (Lipinski definition) is 1. The lowest BCUT2D eigenvalue weighted by atomic mass is 10.00. The summed E-state index contributed by atoms with van der Waals surface area (Å²) in [6, 6.07) is 19.9. The number of nitrogens with zero attached hydrogens (tertiary/aromatic N) is 1. The van der Waals surface area contributed by atoms with E-state index in [1.165, 1.54) is 24.2 Å². The summed E-state index contributed by atoms with van der Waals surface area (Å²) in [5.74, 6) is 0.121. The molecule has 0 unspecified atom stereocenters. The molecule has 2 heterocycles. The average molecular weight is 558 g/mol. The number of fused-ring (bicyclic) bond motifs is 1. The van der Waals surface area contributed by atoms with Crippen LogP contribution in [-0.4, -0.2) is 19.2 Å². The molecule has 4 aromatic rings. The van der Waals surface area contributed by atoms with Crippen molar-refractivity contribution in [1.29, 1.82) is 0 Å². The molecule has 4 rings (SSSR count). The van der Waals surface area contributed by atoms with Crippen molar-refractivity contribution < 1.29 is 8.42 Å². The second-order valence-corrected chi connectivity index (χ2v) is 12.7. The van der Waals surface area contributed by atoms with E-state index in [-0.39, 0.29) is 9.96 Å². The molecule has 0 spiro atoms. The van der Waals surface area contributed by atoms with Gasteiger partial charge in [-0.3, -0.25) is 0 Å². The summed E-state index contributed by atoms with van der Waals surface area (Å²) in [5, 5.41) is 0.721. The quantitative estimate of drug-likeness (QED) is 0.200. The van der Waals surface area contributed by atoms with E-state index >= 15 is 0 Å². The van der Waals surface area contributed by atoms with Crippen LogP contribution >= 0.6 is 27.3 Å². The Balaban J connectivity index is 1.76.